The van der Waals surface area contributed by atoms with Gasteiger partial charge in [0.25, 0.3) is 0 Å². The Kier molecular flexibility index (Phi) is 11.5. The zero-order chi connectivity index (χ0) is 26.7. The van der Waals surface area contributed by atoms with Gasteiger partial charge in [0.2, 0.25) is 0 Å². The van der Waals surface area contributed by atoms with Gasteiger partial charge in [0.05, 0.1) is 40.0 Å². The molecular formula is C28H31Cl2N3O3. The molecular weight excluding hydrogens is 497 g/mol. The fourth-order valence-electron chi connectivity index (χ4n) is 3.35. The van der Waals surface area contributed by atoms with Gasteiger partial charge in [0, 0.05) is 23.3 Å². The molecule has 1 atom stereocenters. The van der Waals surface area contributed by atoms with Crippen LogP contribution >= 0.6 is 23.2 Å². The van der Waals surface area contributed by atoms with Crippen molar-refractivity contribution in [3.8, 4) is 17.6 Å². The van der Waals surface area contributed by atoms with E-state index in [1.54, 1.807) is 25.3 Å². The van der Waals surface area contributed by atoms with Crippen molar-refractivity contribution in [3.63, 3.8) is 0 Å². The summed E-state index contributed by atoms with van der Waals surface area (Å²) < 4.78 is 11.9. The van der Waals surface area contributed by atoms with Gasteiger partial charge in [-0.15, -0.1) is 0 Å². The molecule has 0 saturated heterocycles. The summed E-state index contributed by atoms with van der Waals surface area (Å²) in [6, 6.07) is 11.2. The topological polar surface area (TPSA) is 84.2 Å². The summed E-state index contributed by atoms with van der Waals surface area (Å²) >= 11 is 12.2. The number of allylic oxidation sites excluding steroid dienone is 1. The van der Waals surface area contributed by atoms with Crippen LogP contribution in [0.5, 0.6) is 11.5 Å². The summed E-state index contributed by atoms with van der Waals surface area (Å²) in [6.45, 7) is 8.95. The van der Waals surface area contributed by atoms with E-state index in [1.807, 2.05) is 12.1 Å². The fraction of sp³-hybridized carbons (Fsp3) is 0.321. The third-order valence-corrected chi connectivity index (χ3v) is 6.12. The van der Waals surface area contributed by atoms with Crippen molar-refractivity contribution in [1.82, 2.24) is 4.98 Å². The molecule has 2 aromatic carbocycles. The first-order chi connectivity index (χ1) is 17.3. The van der Waals surface area contributed by atoms with Crippen molar-refractivity contribution in [2.75, 3.05) is 12.4 Å². The Hall–Kier alpha value is -3.27. The minimum absolute atomic E-state index is 0.0185. The molecule has 0 radical (unpaired) electrons. The van der Waals surface area contributed by atoms with Crippen LogP contribution in [0.1, 0.15) is 52.0 Å². The van der Waals surface area contributed by atoms with E-state index in [-0.39, 0.29) is 11.9 Å². The normalized spacial score (nSPS) is 11.0. The van der Waals surface area contributed by atoms with E-state index in [0.29, 0.717) is 44.0 Å². The number of hydrogen-bond acceptors (Lipinski definition) is 6. The molecule has 36 heavy (non-hydrogen) atoms. The molecule has 0 fully saturated rings. The van der Waals surface area contributed by atoms with Crippen LogP contribution in [-0.4, -0.2) is 24.0 Å². The van der Waals surface area contributed by atoms with Crippen LogP contribution in [0.15, 0.2) is 49.2 Å². The summed E-state index contributed by atoms with van der Waals surface area (Å²) in [5.41, 5.74) is 2.44. The third-order valence-electron chi connectivity index (χ3n) is 5.38. The van der Waals surface area contributed by atoms with E-state index < -0.39 is 0 Å². The molecule has 6 nitrogen and oxygen atoms in total. The average molecular weight is 528 g/mol. The molecule has 1 N–H and O–H groups in total. The number of unbranched alkanes of at least 4 members (excludes halogenated alkanes) is 1. The number of carbonyl (C=O) groups is 1. The van der Waals surface area contributed by atoms with Crippen molar-refractivity contribution in [2.24, 2.45) is 0 Å². The van der Waals surface area contributed by atoms with Crippen molar-refractivity contribution in [2.45, 2.75) is 52.6 Å². The van der Waals surface area contributed by atoms with Crippen LogP contribution in [0.2, 0.25) is 10.0 Å². The van der Waals surface area contributed by atoms with Crippen LogP contribution in [0, 0.1) is 11.3 Å². The smallest absolute Gasteiger partial charge is 0.162 e. The lowest BCUT2D eigenvalue weighted by Crippen LogP contribution is -2.15. The highest BCUT2D eigenvalue weighted by Gasteiger charge is 2.17. The number of nitrogens with one attached hydrogen (secondary N) is 1. The predicted molar refractivity (Wildman–Crippen MR) is 148 cm³/mol. The van der Waals surface area contributed by atoms with Gasteiger partial charge in [-0.2, -0.15) is 5.26 Å². The molecule has 0 saturated carbocycles. The van der Waals surface area contributed by atoms with Gasteiger partial charge in [-0.05, 0) is 50.1 Å². The average Bonchev–Trinajstić information content (AvgIpc) is 2.88. The molecule has 0 aliphatic rings. The maximum Gasteiger partial charge on any atom is 0.162 e. The van der Waals surface area contributed by atoms with Gasteiger partial charge in [-0.25, -0.2) is 0 Å². The lowest BCUT2D eigenvalue weighted by Gasteiger charge is -2.20. The first-order valence-electron chi connectivity index (χ1n) is 11.7. The highest BCUT2D eigenvalue weighted by Crippen LogP contribution is 2.38. The largest absolute Gasteiger partial charge is 0.493 e. The van der Waals surface area contributed by atoms with Crippen molar-refractivity contribution in [3.05, 3.63) is 64.8 Å². The Morgan fingerprint density at radius 3 is 2.50 bits per heavy atom. The first kappa shape index (κ1) is 29.0. The molecule has 0 amide bonds. The third kappa shape index (κ3) is 7.87. The van der Waals surface area contributed by atoms with E-state index >= 15 is 0 Å². The number of rotatable bonds is 10. The number of nitriles is 1. The first-order valence-corrected chi connectivity index (χ1v) is 12.5. The number of fused-ring (bicyclic) bond motifs is 1. The van der Waals surface area contributed by atoms with Gasteiger partial charge in [-0.1, -0.05) is 56.5 Å². The van der Waals surface area contributed by atoms with Crippen LogP contribution in [0.4, 0.5) is 11.4 Å². The monoisotopic (exact) mass is 527 g/mol. The summed E-state index contributed by atoms with van der Waals surface area (Å²) in [7, 11) is 1.61. The van der Waals surface area contributed by atoms with Crippen molar-refractivity contribution >= 4 is 51.3 Å². The van der Waals surface area contributed by atoms with E-state index in [2.05, 4.69) is 36.8 Å². The molecule has 1 heterocycles. The summed E-state index contributed by atoms with van der Waals surface area (Å²) in [4.78, 5) is 14.1. The van der Waals surface area contributed by atoms with Gasteiger partial charge in [0.15, 0.2) is 17.3 Å². The molecule has 1 aromatic heterocycles. The second-order valence-corrected chi connectivity index (χ2v) is 8.85. The zero-order valence-corrected chi connectivity index (χ0v) is 22.5. The molecule has 0 bridgehead atoms. The summed E-state index contributed by atoms with van der Waals surface area (Å²) in [5, 5.41) is 14.6. The number of carbonyl (C=O) groups excluding carboxylic acids is 1. The van der Waals surface area contributed by atoms with Gasteiger partial charge in [-0.3, -0.25) is 9.78 Å². The number of halogens is 2. The number of ether oxygens (including phenoxy) is 2. The van der Waals surface area contributed by atoms with Crippen LogP contribution in [0.25, 0.3) is 10.9 Å². The van der Waals surface area contributed by atoms with Crippen LogP contribution in [0.3, 0.4) is 0 Å². The summed E-state index contributed by atoms with van der Waals surface area (Å²) in [5.74, 6) is 1.26. The number of hydrogen-bond donors (Lipinski definition) is 1. The molecule has 3 aromatic rings. The second kappa shape index (κ2) is 14.3. The number of anilines is 2. The van der Waals surface area contributed by atoms with E-state index in [9.17, 15) is 10.1 Å². The molecule has 1 unspecified atom stereocenters. The van der Waals surface area contributed by atoms with Crippen LogP contribution < -0.4 is 14.8 Å². The van der Waals surface area contributed by atoms with Crippen LogP contribution in [-0.2, 0) is 4.79 Å². The SMILES string of the molecule is C=CC(C)=O.CCCCC(CC)Oc1cc2c(Nc3ccc(Cl)c(Cl)c3)c(C#N)cnc2cc1OC. The number of benzene rings is 2. The highest BCUT2D eigenvalue weighted by atomic mass is 35.5. The standard InChI is InChI=1S/C24H25Cl2N3O2.C4H6O/c1-4-6-7-17(5-2)31-23-11-18-21(12-22(23)30-3)28-14-15(13-27)24(18)29-16-8-9-19(25)20(26)10-16;1-3-4(2)5/h8-12,14,17H,4-7H2,1-3H3,(H,28,29);3H,1H2,2H3. The second-order valence-electron chi connectivity index (χ2n) is 8.04. The number of methoxy groups -OCH3 is 1. The molecule has 0 aliphatic carbocycles. The molecule has 8 heteroatoms. The van der Waals surface area contributed by atoms with Gasteiger partial charge in [0.1, 0.15) is 6.07 Å². The number of pyridine rings is 1. The molecule has 0 aliphatic heterocycles. The van der Waals surface area contributed by atoms with Crippen molar-refractivity contribution < 1.29 is 14.3 Å². The lowest BCUT2D eigenvalue weighted by atomic mass is 10.1. The minimum atomic E-state index is 0.0185. The number of aromatic nitrogens is 1. The van der Waals surface area contributed by atoms with Gasteiger partial charge >= 0.3 is 0 Å². The molecule has 190 valence electrons. The highest BCUT2D eigenvalue weighted by molar-refractivity contribution is 6.42. The Bertz CT molecular complexity index is 1250. The number of nitrogens with zero attached hydrogens (tertiary/aromatic N) is 2. The fourth-order valence-corrected chi connectivity index (χ4v) is 3.65. The Morgan fingerprint density at radius 2 is 1.94 bits per heavy atom. The Balaban J connectivity index is 0.000000830. The maximum atomic E-state index is 9.69. The van der Waals surface area contributed by atoms with Crippen molar-refractivity contribution in [1.29, 1.82) is 5.26 Å². The zero-order valence-electron chi connectivity index (χ0n) is 21.0. The van der Waals surface area contributed by atoms with E-state index in [0.717, 1.165) is 31.1 Å². The Morgan fingerprint density at radius 1 is 1.22 bits per heavy atom. The lowest BCUT2D eigenvalue weighted by molar-refractivity contribution is -0.112. The number of ketones is 1. The maximum absolute atomic E-state index is 9.69. The van der Waals surface area contributed by atoms with Gasteiger partial charge < -0.3 is 14.8 Å². The molecule has 0 spiro atoms. The van der Waals surface area contributed by atoms with E-state index in [4.69, 9.17) is 32.7 Å². The summed E-state index contributed by atoms with van der Waals surface area (Å²) in [6.07, 6.45) is 6.98. The van der Waals surface area contributed by atoms with E-state index in [1.165, 1.54) is 19.2 Å². The predicted octanol–water partition coefficient (Wildman–Crippen LogP) is 8.27. The quantitative estimate of drug-likeness (QED) is 0.267. The molecule has 3 rings (SSSR count). The minimum Gasteiger partial charge on any atom is -0.493 e. The Labute approximate surface area is 222 Å².